The van der Waals surface area contributed by atoms with Crippen LogP contribution in [-0.2, 0) is 19.4 Å². The van der Waals surface area contributed by atoms with E-state index in [-0.39, 0.29) is 0 Å². The molecule has 0 unspecified atom stereocenters. The van der Waals surface area contributed by atoms with Gasteiger partial charge in [-0.25, -0.2) is 0 Å². The van der Waals surface area contributed by atoms with Gasteiger partial charge in [-0.05, 0) is 47.7 Å². The summed E-state index contributed by atoms with van der Waals surface area (Å²) in [4.78, 5) is 2.49. The van der Waals surface area contributed by atoms with Crippen molar-refractivity contribution in [3.05, 3.63) is 59.2 Å². The number of benzene rings is 2. The number of nitrogens with zero attached hydrogens (tertiary/aromatic N) is 1. The monoisotopic (exact) mass is 267 g/mol. The summed E-state index contributed by atoms with van der Waals surface area (Å²) in [5, 5.41) is 0. The second kappa shape index (κ2) is 5.58. The van der Waals surface area contributed by atoms with Crippen LogP contribution in [-0.4, -0.2) is 13.7 Å². The average molecular weight is 267 g/mol. The van der Waals surface area contributed by atoms with Crippen LogP contribution in [0, 0.1) is 0 Å². The Morgan fingerprint density at radius 1 is 1.10 bits per heavy atom. The Morgan fingerprint density at radius 3 is 2.65 bits per heavy atom. The quantitative estimate of drug-likeness (QED) is 0.838. The van der Waals surface area contributed by atoms with Gasteiger partial charge in [0, 0.05) is 18.8 Å². The highest BCUT2D eigenvalue weighted by Crippen LogP contribution is 2.30. The van der Waals surface area contributed by atoms with Gasteiger partial charge in [-0.1, -0.05) is 31.2 Å². The van der Waals surface area contributed by atoms with E-state index >= 15 is 0 Å². The molecule has 3 rings (SSSR count). The lowest BCUT2D eigenvalue weighted by Gasteiger charge is -2.32. The van der Waals surface area contributed by atoms with E-state index in [0.717, 1.165) is 31.7 Å². The second-order valence-electron chi connectivity index (χ2n) is 5.29. The Hall–Kier alpha value is -1.96. The van der Waals surface area contributed by atoms with Crippen molar-refractivity contribution in [1.82, 2.24) is 0 Å². The molecule has 2 heteroatoms. The van der Waals surface area contributed by atoms with Crippen LogP contribution >= 0.6 is 0 Å². The first-order chi connectivity index (χ1) is 9.81. The van der Waals surface area contributed by atoms with Crippen molar-refractivity contribution in [3.63, 3.8) is 0 Å². The van der Waals surface area contributed by atoms with Gasteiger partial charge >= 0.3 is 0 Å². The molecule has 0 bridgehead atoms. The van der Waals surface area contributed by atoms with Gasteiger partial charge in [0.2, 0.25) is 0 Å². The van der Waals surface area contributed by atoms with Crippen LogP contribution in [0.3, 0.4) is 0 Å². The highest BCUT2D eigenvalue weighted by molar-refractivity contribution is 5.58. The van der Waals surface area contributed by atoms with Gasteiger partial charge in [-0.3, -0.25) is 0 Å². The molecule has 1 aliphatic heterocycles. The fourth-order valence-corrected chi connectivity index (χ4v) is 2.98. The van der Waals surface area contributed by atoms with Gasteiger partial charge in [-0.15, -0.1) is 0 Å². The van der Waals surface area contributed by atoms with Crippen LogP contribution in [0.2, 0.25) is 0 Å². The Bertz CT molecular complexity index is 606. The maximum atomic E-state index is 5.34. The molecule has 1 aliphatic rings. The van der Waals surface area contributed by atoms with Gasteiger partial charge in [-0.2, -0.15) is 0 Å². The maximum absolute atomic E-state index is 5.34. The lowest BCUT2D eigenvalue weighted by atomic mass is 9.98. The van der Waals surface area contributed by atoms with Crippen molar-refractivity contribution in [3.8, 4) is 5.75 Å². The molecule has 0 saturated heterocycles. The van der Waals surface area contributed by atoms with Crippen molar-refractivity contribution in [2.45, 2.75) is 26.3 Å². The number of hydrogen-bond acceptors (Lipinski definition) is 2. The van der Waals surface area contributed by atoms with Crippen molar-refractivity contribution in [2.24, 2.45) is 0 Å². The molecule has 1 heterocycles. The van der Waals surface area contributed by atoms with Crippen molar-refractivity contribution in [1.29, 1.82) is 0 Å². The molecule has 0 radical (unpaired) electrons. The summed E-state index contributed by atoms with van der Waals surface area (Å²) in [6.45, 7) is 4.31. The van der Waals surface area contributed by atoms with Crippen LogP contribution in [0.15, 0.2) is 42.5 Å². The van der Waals surface area contributed by atoms with E-state index in [1.165, 1.54) is 22.4 Å². The lowest BCUT2D eigenvalue weighted by Crippen LogP contribution is -2.31. The third-order valence-electron chi connectivity index (χ3n) is 4.14. The molecule has 0 atom stereocenters. The SMILES string of the molecule is CCc1cc(OC)ccc1N1CCc2ccccc2C1. The van der Waals surface area contributed by atoms with Gasteiger partial charge in [0.25, 0.3) is 0 Å². The largest absolute Gasteiger partial charge is 0.497 e. The summed E-state index contributed by atoms with van der Waals surface area (Å²) in [7, 11) is 1.73. The standard InChI is InChI=1S/C18H21NO/c1-3-14-12-17(20-2)8-9-18(14)19-11-10-15-6-4-5-7-16(15)13-19/h4-9,12H,3,10-11,13H2,1-2H3. The topological polar surface area (TPSA) is 12.5 Å². The van der Waals surface area contributed by atoms with Crippen molar-refractivity contribution in [2.75, 3.05) is 18.6 Å². The normalized spacial score (nSPS) is 14.0. The van der Waals surface area contributed by atoms with E-state index in [2.05, 4.69) is 54.3 Å². The van der Waals surface area contributed by atoms with Crippen LogP contribution in [0.1, 0.15) is 23.6 Å². The number of rotatable bonds is 3. The molecule has 20 heavy (non-hydrogen) atoms. The molecule has 2 aromatic carbocycles. The molecule has 0 saturated carbocycles. The van der Waals surface area contributed by atoms with Crippen LogP contribution in [0.4, 0.5) is 5.69 Å². The predicted molar refractivity (Wildman–Crippen MR) is 83.6 cm³/mol. The molecule has 0 fully saturated rings. The summed E-state index contributed by atoms with van der Waals surface area (Å²) in [6, 6.07) is 15.2. The highest BCUT2D eigenvalue weighted by Gasteiger charge is 2.18. The van der Waals surface area contributed by atoms with E-state index in [9.17, 15) is 0 Å². The van der Waals surface area contributed by atoms with E-state index in [1.54, 1.807) is 7.11 Å². The Kier molecular flexibility index (Phi) is 3.64. The lowest BCUT2D eigenvalue weighted by molar-refractivity contribution is 0.414. The molecule has 2 nitrogen and oxygen atoms in total. The van der Waals surface area contributed by atoms with Crippen LogP contribution in [0.5, 0.6) is 5.75 Å². The molecular formula is C18H21NO. The fourth-order valence-electron chi connectivity index (χ4n) is 2.98. The molecule has 0 N–H and O–H groups in total. The summed E-state index contributed by atoms with van der Waals surface area (Å²) >= 11 is 0. The van der Waals surface area contributed by atoms with Gasteiger partial charge < -0.3 is 9.64 Å². The first-order valence-corrected chi connectivity index (χ1v) is 7.30. The first kappa shape index (κ1) is 13.0. The molecule has 0 amide bonds. The van der Waals surface area contributed by atoms with Gasteiger partial charge in [0.05, 0.1) is 7.11 Å². The molecular weight excluding hydrogens is 246 g/mol. The fraction of sp³-hybridized carbons (Fsp3) is 0.333. The van der Waals surface area contributed by atoms with Gasteiger partial charge in [0.15, 0.2) is 0 Å². The van der Waals surface area contributed by atoms with E-state index in [1.807, 2.05) is 0 Å². The first-order valence-electron chi connectivity index (χ1n) is 7.30. The number of fused-ring (bicyclic) bond motifs is 1. The minimum Gasteiger partial charge on any atom is -0.497 e. The Labute approximate surface area is 121 Å². The molecule has 104 valence electrons. The summed E-state index contributed by atoms with van der Waals surface area (Å²) < 4.78 is 5.34. The van der Waals surface area contributed by atoms with Crippen molar-refractivity contribution >= 4 is 5.69 Å². The van der Waals surface area contributed by atoms with E-state index < -0.39 is 0 Å². The predicted octanol–water partition coefficient (Wildman–Crippen LogP) is 3.82. The van der Waals surface area contributed by atoms with Crippen molar-refractivity contribution < 1.29 is 4.74 Å². The summed E-state index contributed by atoms with van der Waals surface area (Å²) in [6.07, 6.45) is 2.16. The van der Waals surface area contributed by atoms with E-state index in [0.29, 0.717) is 0 Å². The minimum atomic E-state index is 0.947. The third-order valence-corrected chi connectivity index (χ3v) is 4.14. The number of aryl methyl sites for hydroxylation is 1. The zero-order valence-corrected chi connectivity index (χ0v) is 12.2. The summed E-state index contributed by atoms with van der Waals surface area (Å²) in [5.74, 6) is 0.947. The molecule has 2 aromatic rings. The maximum Gasteiger partial charge on any atom is 0.119 e. The third kappa shape index (κ3) is 2.38. The van der Waals surface area contributed by atoms with Gasteiger partial charge in [0.1, 0.15) is 5.75 Å². The minimum absolute atomic E-state index is 0.947. The average Bonchev–Trinajstić information content (AvgIpc) is 2.53. The zero-order valence-electron chi connectivity index (χ0n) is 12.2. The van der Waals surface area contributed by atoms with Crippen LogP contribution in [0.25, 0.3) is 0 Å². The molecule has 0 aliphatic carbocycles. The second-order valence-corrected chi connectivity index (χ2v) is 5.29. The zero-order chi connectivity index (χ0) is 13.9. The number of methoxy groups -OCH3 is 1. The summed E-state index contributed by atoms with van der Waals surface area (Å²) in [5.41, 5.74) is 5.67. The Morgan fingerprint density at radius 2 is 1.90 bits per heavy atom. The highest BCUT2D eigenvalue weighted by atomic mass is 16.5. The smallest absolute Gasteiger partial charge is 0.119 e. The molecule has 0 spiro atoms. The van der Waals surface area contributed by atoms with E-state index in [4.69, 9.17) is 4.74 Å². The number of anilines is 1. The number of hydrogen-bond donors (Lipinski definition) is 0. The van der Waals surface area contributed by atoms with Crippen LogP contribution < -0.4 is 9.64 Å². The molecule has 0 aromatic heterocycles. The number of ether oxygens (including phenoxy) is 1. The Balaban J connectivity index is 1.91.